The third-order valence-electron chi connectivity index (χ3n) is 3.13. The number of anilines is 1. The monoisotopic (exact) mass is 332 g/mol. The zero-order valence-corrected chi connectivity index (χ0v) is 12.9. The summed E-state index contributed by atoms with van der Waals surface area (Å²) in [5.74, 6) is -0.0462. The molecule has 2 aromatic carbocycles. The van der Waals surface area contributed by atoms with Crippen LogP contribution in [0.5, 0.6) is 0 Å². The van der Waals surface area contributed by atoms with Crippen LogP contribution in [0.15, 0.2) is 53.0 Å². The van der Waals surface area contributed by atoms with Gasteiger partial charge in [-0.05, 0) is 30.7 Å². The molecule has 2 aromatic rings. The molecule has 2 N–H and O–H groups in total. The van der Waals surface area contributed by atoms with Crippen LogP contribution in [0.4, 0.5) is 5.69 Å². The predicted molar refractivity (Wildman–Crippen MR) is 85.4 cm³/mol. The fourth-order valence-electron chi connectivity index (χ4n) is 2.02. The molecule has 0 aliphatic rings. The maximum absolute atomic E-state index is 12.6. The number of halogens is 1. The molecule has 3 nitrogen and oxygen atoms in total. The number of nitrogens with zero attached hydrogens (tertiary/aromatic N) is 1. The molecule has 104 valence electrons. The summed E-state index contributed by atoms with van der Waals surface area (Å²) in [6.07, 6.45) is 0. The predicted octanol–water partition coefficient (Wildman–Crippen LogP) is 3.69. The Morgan fingerprint density at radius 1 is 1.20 bits per heavy atom. The van der Waals surface area contributed by atoms with E-state index in [4.69, 9.17) is 5.73 Å². The quantitative estimate of drug-likeness (QED) is 0.868. The lowest BCUT2D eigenvalue weighted by Crippen LogP contribution is -2.30. The van der Waals surface area contributed by atoms with Crippen molar-refractivity contribution in [2.24, 2.45) is 0 Å². The molecule has 0 saturated heterocycles. The van der Waals surface area contributed by atoms with E-state index in [1.54, 1.807) is 17.0 Å². The molecule has 20 heavy (non-hydrogen) atoms. The van der Waals surface area contributed by atoms with Crippen LogP contribution in [-0.2, 0) is 6.54 Å². The van der Waals surface area contributed by atoms with Crippen molar-refractivity contribution in [1.82, 2.24) is 4.90 Å². The zero-order valence-electron chi connectivity index (χ0n) is 11.3. The maximum atomic E-state index is 12.6. The summed E-state index contributed by atoms with van der Waals surface area (Å²) in [5, 5.41) is 0. The number of rotatable bonds is 4. The highest BCUT2D eigenvalue weighted by atomic mass is 79.9. The molecular weight excluding hydrogens is 316 g/mol. The summed E-state index contributed by atoms with van der Waals surface area (Å²) in [7, 11) is 0. The molecule has 0 bridgehead atoms. The van der Waals surface area contributed by atoms with Crippen LogP contribution in [0.3, 0.4) is 0 Å². The number of nitrogens with two attached hydrogens (primary N) is 1. The lowest BCUT2D eigenvalue weighted by Gasteiger charge is -2.22. The van der Waals surface area contributed by atoms with Crippen molar-refractivity contribution in [1.29, 1.82) is 0 Å². The molecule has 0 radical (unpaired) electrons. The number of benzene rings is 2. The summed E-state index contributed by atoms with van der Waals surface area (Å²) < 4.78 is 0.853. The number of carbonyl (C=O) groups excluding carboxylic acids is 1. The normalized spacial score (nSPS) is 10.3. The minimum Gasteiger partial charge on any atom is -0.398 e. The van der Waals surface area contributed by atoms with Gasteiger partial charge in [0.1, 0.15) is 0 Å². The van der Waals surface area contributed by atoms with Crippen LogP contribution in [0, 0.1) is 0 Å². The first-order valence-electron chi connectivity index (χ1n) is 6.50. The van der Waals surface area contributed by atoms with Gasteiger partial charge in [-0.2, -0.15) is 0 Å². The van der Waals surface area contributed by atoms with Gasteiger partial charge < -0.3 is 10.6 Å². The van der Waals surface area contributed by atoms with Gasteiger partial charge in [-0.25, -0.2) is 0 Å². The summed E-state index contributed by atoms with van der Waals surface area (Å²) in [5.41, 5.74) is 8.06. The molecule has 0 unspecified atom stereocenters. The van der Waals surface area contributed by atoms with Gasteiger partial charge in [-0.15, -0.1) is 0 Å². The SMILES string of the molecule is CCN(Cc1ccccc1)C(=O)c1cc(Br)ccc1N. The molecule has 0 saturated carbocycles. The van der Waals surface area contributed by atoms with Gasteiger partial charge in [0.25, 0.3) is 5.91 Å². The Balaban J connectivity index is 2.23. The Labute approximate surface area is 127 Å². The Hall–Kier alpha value is -1.81. The number of hydrogen-bond donors (Lipinski definition) is 1. The molecule has 0 aliphatic heterocycles. The van der Waals surface area contributed by atoms with Crippen molar-refractivity contribution >= 4 is 27.5 Å². The van der Waals surface area contributed by atoms with E-state index in [1.165, 1.54) is 0 Å². The van der Waals surface area contributed by atoms with Crippen molar-refractivity contribution < 1.29 is 4.79 Å². The first-order valence-corrected chi connectivity index (χ1v) is 7.29. The van der Waals surface area contributed by atoms with Crippen LogP contribution >= 0.6 is 15.9 Å². The fraction of sp³-hybridized carbons (Fsp3) is 0.188. The molecule has 0 atom stereocenters. The van der Waals surface area contributed by atoms with E-state index in [0.29, 0.717) is 24.3 Å². The summed E-state index contributed by atoms with van der Waals surface area (Å²) >= 11 is 3.38. The average Bonchev–Trinajstić information content (AvgIpc) is 2.47. The van der Waals surface area contributed by atoms with E-state index in [9.17, 15) is 4.79 Å². The Bertz CT molecular complexity index is 599. The Kier molecular flexibility index (Phi) is 4.79. The van der Waals surface area contributed by atoms with Gasteiger partial charge in [0.2, 0.25) is 0 Å². The first-order chi connectivity index (χ1) is 9.61. The molecule has 0 fully saturated rings. The largest absolute Gasteiger partial charge is 0.398 e. The van der Waals surface area contributed by atoms with Crippen LogP contribution in [0.1, 0.15) is 22.8 Å². The van der Waals surface area contributed by atoms with Gasteiger partial charge in [0.05, 0.1) is 5.56 Å². The minimum absolute atomic E-state index is 0.0462. The first kappa shape index (κ1) is 14.6. The summed E-state index contributed by atoms with van der Waals surface area (Å²) in [4.78, 5) is 14.4. The Morgan fingerprint density at radius 3 is 2.55 bits per heavy atom. The van der Waals surface area contributed by atoms with E-state index in [0.717, 1.165) is 10.0 Å². The van der Waals surface area contributed by atoms with Crippen molar-refractivity contribution in [2.75, 3.05) is 12.3 Å². The zero-order chi connectivity index (χ0) is 14.5. The molecule has 0 aliphatic carbocycles. The highest BCUT2D eigenvalue weighted by Crippen LogP contribution is 2.21. The van der Waals surface area contributed by atoms with Crippen LogP contribution < -0.4 is 5.73 Å². The maximum Gasteiger partial charge on any atom is 0.256 e. The lowest BCUT2D eigenvalue weighted by atomic mass is 10.1. The third kappa shape index (κ3) is 3.39. The minimum atomic E-state index is -0.0462. The highest BCUT2D eigenvalue weighted by molar-refractivity contribution is 9.10. The highest BCUT2D eigenvalue weighted by Gasteiger charge is 2.17. The van der Waals surface area contributed by atoms with Crippen LogP contribution in [0.2, 0.25) is 0 Å². The molecule has 1 amide bonds. The van der Waals surface area contributed by atoms with E-state index in [1.807, 2.05) is 43.3 Å². The van der Waals surface area contributed by atoms with Gasteiger partial charge in [-0.3, -0.25) is 4.79 Å². The lowest BCUT2D eigenvalue weighted by molar-refractivity contribution is 0.0753. The topological polar surface area (TPSA) is 46.3 Å². The average molecular weight is 333 g/mol. The molecule has 4 heteroatoms. The second-order valence-electron chi connectivity index (χ2n) is 4.54. The molecule has 0 heterocycles. The summed E-state index contributed by atoms with van der Waals surface area (Å²) in [6, 6.07) is 15.3. The van der Waals surface area contributed by atoms with Gasteiger partial charge in [0.15, 0.2) is 0 Å². The van der Waals surface area contributed by atoms with Crippen LogP contribution in [-0.4, -0.2) is 17.4 Å². The molecule has 0 aromatic heterocycles. The molecule has 0 spiro atoms. The number of amides is 1. The van der Waals surface area contributed by atoms with Crippen molar-refractivity contribution in [3.63, 3.8) is 0 Å². The van der Waals surface area contributed by atoms with Crippen molar-refractivity contribution in [2.45, 2.75) is 13.5 Å². The number of carbonyl (C=O) groups is 1. The third-order valence-corrected chi connectivity index (χ3v) is 3.62. The van der Waals surface area contributed by atoms with Crippen LogP contribution in [0.25, 0.3) is 0 Å². The van der Waals surface area contributed by atoms with Gasteiger partial charge in [-0.1, -0.05) is 46.3 Å². The smallest absolute Gasteiger partial charge is 0.256 e. The number of nitrogen functional groups attached to an aromatic ring is 1. The van der Waals surface area contributed by atoms with Crippen molar-refractivity contribution in [3.8, 4) is 0 Å². The second kappa shape index (κ2) is 6.57. The van der Waals surface area contributed by atoms with E-state index < -0.39 is 0 Å². The second-order valence-corrected chi connectivity index (χ2v) is 5.45. The van der Waals surface area contributed by atoms with Gasteiger partial charge >= 0.3 is 0 Å². The number of hydrogen-bond acceptors (Lipinski definition) is 2. The Morgan fingerprint density at radius 2 is 1.90 bits per heavy atom. The standard InChI is InChI=1S/C16H17BrN2O/c1-2-19(11-12-6-4-3-5-7-12)16(20)14-10-13(17)8-9-15(14)18/h3-10H,2,11,18H2,1H3. The van der Waals surface area contributed by atoms with Crippen molar-refractivity contribution in [3.05, 3.63) is 64.1 Å². The molecular formula is C16H17BrN2O. The van der Waals surface area contributed by atoms with Gasteiger partial charge in [0, 0.05) is 23.2 Å². The van der Waals surface area contributed by atoms with E-state index in [-0.39, 0.29) is 5.91 Å². The fourth-order valence-corrected chi connectivity index (χ4v) is 2.38. The van der Waals surface area contributed by atoms with E-state index in [2.05, 4.69) is 15.9 Å². The molecule has 2 rings (SSSR count). The summed E-state index contributed by atoms with van der Waals surface area (Å²) in [6.45, 7) is 3.19. The van der Waals surface area contributed by atoms with E-state index >= 15 is 0 Å².